The van der Waals surface area contributed by atoms with Crippen molar-refractivity contribution in [3.8, 4) is 55.8 Å². The van der Waals surface area contributed by atoms with E-state index in [9.17, 15) is 0 Å². The van der Waals surface area contributed by atoms with Gasteiger partial charge in [0.2, 0.25) is 0 Å². The van der Waals surface area contributed by atoms with E-state index in [0.29, 0.717) is 0 Å². The zero-order chi connectivity index (χ0) is 31.7. The molecule has 0 atom stereocenters. The molecule has 0 saturated heterocycles. The van der Waals surface area contributed by atoms with Crippen LogP contribution >= 0.6 is 22.6 Å². The molecule has 47 heavy (non-hydrogen) atoms. The van der Waals surface area contributed by atoms with Gasteiger partial charge in [0.1, 0.15) is 0 Å². The number of hydrogen-bond acceptors (Lipinski definition) is 1. The van der Waals surface area contributed by atoms with Crippen LogP contribution in [0.25, 0.3) is 81.0 Å². The summed E-state index contributed by atoms with van der Waals surface area (Å²) in [7, 11) is 0. The van der Waals surface area contributed by atoms with E-state index < -0.39 is 0 Å². The van der Waals surface area contributed by atoms with E-state index in [-0.39, 0.29) is 0 Å². The molecule has 0 bridgehead atoms. The second-order valence-electron chi connectivity index (χ2n) is 11.8. The van der Waals surface area contributed by atoms with Crippen molar-refractivity contribution in [2.75, 3.05) is 0 Å². The summed E-state index contributed by atoms with van der Waals surface area (Å²) in [5, 5.41) is 3.48. The van der Waals surface area contributed by atoms with Gasteiger partial charge in [-0.05, 0) is 90.2 Å². The third-order valence-electron chi connectivity index (χ3n) is 8.92. The molecule has 222 valence electrons. The van der Waals surface area contributed by atoms with E-state index in [2.05, 4.69) is 199 Å². The van der Waals surface area contributed by atoms with Crippen LogP contribution in [0.5, 0.6) is 0 Å². The van der Waals surface area contributed by atoms with Gasteiger partial charge < -0.3 is 0 Å². The summed E-state index contributed by atoms with van der Waals surface area (Å²) in [5.74, 6) is 0. The first kappa shape index (κ1) is 29.1. The molecule has 0 aliphatic carbocycles. The number of fused-ring (bicyclic) bond motifs is 3. The molecule has 0 aliphatic heterocycles. The molecule has 0 amide bonds. The van der Waals surface area contributed by atoms with Crippen LogP contribution in [0.4, 0.5) is 0 Å². The zero-order valence-electron chi connectivity index (χ0n) is 25.7. The van der Waals surface area contributed by atoms with Crippen LogP contribution in [0.3, 0.4) is 0 Å². The van der Waals surface area contributed by atoms with Crippen molar-refractivity contribution in [1.82, 2.24) is 4.98 Å². The Hall–Kier alpha value is -5.32. The Kier molecular flexibility index (Phi) is 7.72. The second kappa shape index (κ2) is 12.5. The molecule has 1 aromatic heterocycles. The first-order chi connectivity index (χ1) is 23.1. The third kappa shape index (κ3) is 5.66. The van der Waals surface area contributed by atoms with Crippen LogP contribution in [0.2, 0.25) is 0 Å². The normalized spacial score (nSPS) is 11.2. The highest BCUT2D eigenvalue weighted by Crippen LogP contribution is 2.41. The van der Waals surface area contributed by atoms with Crippen molar-refractivity contribution >= 4 is 47.8 Å². The van der Waals surface area contributed by atoms with Gasteiger partial charge in [0.05, 0.1) is 11.2 Å². The smallest absolute Gasteiger partial charge is 0.0794 e. The van der Waals surface area contributed by atoms with Gasteiger partial charge in [0.15, 0.2) is 0 Å². The maximum absolute atomic E-state index is 5.38. The highest BCUT2D eigenvalue weighted by Gasteiger charge is 2.16. The fourth-order valence-electron chi connectivity index (χ4n) is 6.45. The molecule has 2 heteroatoms. The maximum atomic E-state index is 5.38. The van der Waals surface area contributed by atoms with Crippen LogP contribution in [0.1, 0.15) is 5.56 Å². The SMILES string of the molecule is C=C(I)c1ccc(-c2cc(-c3ccc(-c4ccccc4)cc3)nc3c2cc(-c2ccc(-c4ccccc4)cc2)c2ccccc23)cc1. The molecule has 0 radical (unpaired) electrons. The summed E-state index contributed by atoms with van der Waals surface area (Å²) >= 11 is 2.29. The minimum atomic E-state index is 0.958. The van der Waals surface area contributed by atoms with E-state index in [1.54, 1.807) is 0 Å². The Morgan fingerprint density at radius 2 is 0.830 bits per heavy atom. The van der Waals surface area contributed by atoms with Crippen LogP contribution in [0.15, 0.2) is 176 Å². The molecule has 0 aliphatic rings. The second-order valence-corrected chi connectivity index (χ2v) is 13.1. The Balaban J connectivity index is 1.33. The average Bonchev–Trinajstić information content (AvgIpc) is 3.15. The van der Waals surface area contributed by atoms with E-state index in [0.717, 1.165) is 47.8 Å². The largest absolute Gasteiger partial charge is 0.247 e. The molecular weight excluding hydrogens is 681 g/mol. The lowest BCUT2D eigenvalue weighted by Gasteiger charge is -2.16. The zero-order valence-corrected chi connectivity index (χ0v) is 27.9. The third-order valence-corrected chi connectivity index (χ3v) is 9.54. The lowest BCUT2D eigenvalue weighted by Crippen LogP contribution is -1.93. The monoisotopic (exact) mass is 711 g/mol. The molecule has 8 aromatic rings. The fourth-order valence-corrected chi connectivity index (χ4v) is 6.81. The van der Waals surface area contributed by atoms with Crippen LogP contribution in [-0.2, 0) is 0 Å². The molecule has 8 rings (SSSR count). The standard InChI is InChI=1S/C45H30IN/c1-30(46)31-16-22-37(23-17-31)42-29-44(38-26-20-35(21-27-38)33-12-6-3-7-13-33)47-45-40-15-9-8-14-39(40)41(28-43(42)45)36-24-18-34(19-25-36)32-10-4-2-5-11-32/h2-29H,1H2. The lowest BCUT2D eigenvalue weighted by atomic mass is 9.90. The number of rotatable bonds is 6. The number of hydrogen-bond donors (Lipinski definition) is 0. The Bertz CT molecular complexity index is 2370. The molecule has 1 heterocycles. The Labute approximate surface area is 289 Å². The summed E-state index contributed by atoms with van der Waals surface area (Å²) < 4.78 is 1.03. The Morgan fingerprint density at radius 3 is 1.38 bits per heavy atom. The summed E-state index contributed by atoms with van der Waals surface area (Å²) in [4.78, 5) is 5.38. The molecule has 0 spiro atoms. The first-order valence-electron chi connectivity index (χ1n) is 15.8. The average molecular weight is 712 g/mol. The van der Waals surface area contributed by atoms with Gasteiger partial charge in [-0.2, -0.15) is 0 Å². The number of halogens is 1. The van der Waals surface area contributed by atoms with Crippen molar-refractivity contribution in [3.63, 3.8) is 0 Å². The summed E-state index contributed by atoms with van der Waals surface area (Å²) in [6.07, 6.45) is 0. The Morgan fingerprint density at radius 1 is 0.404 bits per heavy atom. The van der Waals surface area contributed by atoms with Crippen molar-refractivity contribution in [3.05, 3.63) is 182 Å². The van der Waals surface area contributed by atoms with Crippen LogP contribution in [0, 0.1) is 0 Å². The highest BCUT2D eigenvalue weighted by molar-refractivity contribution is 14.1. The van der Waals surface area contributed by atoms with Crippen molar-refractivity contribution in [1.29, 1.82) is 0 Å². The van der Waals surface area contributed by atoms with Gasteiger partial charge in [-0.15, -0.1) is 0 Å². The van der Waals surface area contributed by atoms with E-state index in [4.69, 9.17) is 4.98 Å². The quantitative estimate of drug-likeness (QED) is 0.124. The molecule has 7 aromatic carbocycles. The predicted molar refractivity (Wildman–Crippen MR) is 209 cm³/mol. The van der Waals surface area contributed by atoms with Gasteiger partial charge in [-0.25, -0.2) is 4.98 Å². The summed E-state index contributed by atoms with van der Waals surface area (Å²) in [5.41, 5.74) is 13.7. The van der Waals surface area contributed by atoms with Gasteiger partial charge in [0.25, 0.3) is 0 Å². The number of nitrogens with zero attached hydrogens (tertiary/aromatic N) is 1. The van der Waals surface area contributed by atoms with E-state index >= 15 is 0 Å². The van der Waals surface area contributed by atoms with E-state index in [1.165, 1.54) is 38.8 Å². The minimum Gasteiger partial charge on any atom is -0.247 e. The van der Waals surface area contributed by atoms with Crippen molar-refractivity contribution < 1.29 is 0 Å². The summed E-state index contributed by atoms with van der Waals surface area (Å²) in [6, 6.07) is 60.7. The van der Waals surface area contributed by atoms with Gasteiger partial charge in [0, 0.05) is 19.9 Å². The summed E-state index contributed by atoms with van der Waals surface area (Å²) in [6.45, 7) is 4.14. The molecule has 1 nitrogen and oxygen atoms in total. The lowest BCUT2D eigenvalue weighted by molar-refractivity contribution is 1.41. The van der Waals surface area contributed by atoms with E-state index in [1.807, 2.05) is 0 Å². The highest BCUT2D eigenvalue weighted by atomic mass is 127. The fraction of sp³-hybridized carbons (Fsp3) is 0. The topological polar surface area (TPSA) is 12.9 Å². The number of aromatic nitrogens is 1. The first-order valence-corrected chi connectivity index (χ1v) is 16.8. The molecule has 0 N–H and O–H groups in total. The number of pyridine rings is 1. The van der Waals surface area contributed by atoms with Crippen molar-refractivity contribution in [2.24, 2.45) is 0 Å². The molecule has 0 fully saturated rings. The van der Waals surface area contributed by atoms with Gasteiger partial charge in [-0.1, -0.05) is 164 Å². The maximum Gasteiger partial charge on any atom is 0.0794 e. The van der Waals surface area contributed by atoms with Crippen molar-refractivity contribution in [2.45, 2.75) is 0 Å². The minimum absolute atomic E-state index is 0.958. The van der Waals surface area contributed by atoms with Crippen LogP contribution in [-0.4, -0.2) is 4.98 Å². The number of benzene rings is 7. The van der Waals surface area contributed by atoms with Gasteiger partial charge >= 0.3 is 0 Å². The van der Waals surface area contributed by atoms with Crippen LogP contribution < -0.4 is 0 Å². The molecular formula is C45H30IN. The molecule has 0 saturated carbocycles. The predicted octanol–water partition coefficient (Wildman–Crippen LogP) is 13.1. The molecule has 0 unspecified atom stereocenters. The van der Waals surface area contributed by atoms with Gasteiger partial charge in [-0.3, -0.25) is 0 Å².